The summed E-state index contributed by atoms with van der Waals surface area (Å²) in [4.78, 5) is 13.6. The lowest BCUT2D eigenvalue weighted by atomic mass is 10.1. The summed E-state index contributed by atoms with van der Waals surface area (Å²) in [6.07, 6.45) is 4.81. The molecule has 0 fully saturated rings. The SMILES string of the molecule is COc1cc(/C=C/N)cc(C)c1Nc1nc(Nc2ccc(C#N)cc2)nc2c1ncn2CC#N. The van der Waals surface area contributed by atoms with Crippen LogP contribution in [0.4, 0.5) is 23.1 Å². The zero-order chi connectivity index (χ0) is 24.1. The lowest BCUT2D eigenvalue weighted by molar-refractivity contribution is 0.416. The molecule has 34 heavy (non-hydrogen) atoms. The van der Waals surface area contributed by atoms with Gasteiger partial charge in [-0.2, -0.15) is 20.5 Å². The summed E-state index contributed by atoms with van der Waals surface area (Å²) < 4.78 is 7.24. The molecule has 10 nitrogen and oxygen atoms in total. The minimum absolute atomic E-state index is 0.0890. The van der Waals surface area contributed by atoms with Gasteiger partial charge in [0.25, 0.3) is 0 Å². The van der Waals surface area contributed by atoms with Crippen LogP contribution in [-0.2, 0) is 6.54 Å². The van der Waals surface area contributed by atoms with Crippen molar-refractivity contribution in [3.05, 3.63) is 65.6 Å². The second-order valence-corrected chi connectivity index (χ2v) is 7.31. The molecule has 4 aromatic rings. The fraction of sp³-hybridized carbons (Fsp3) is 0.125. The molecular formula is C24H21N9O. The summed E-state index contributed by atoms with van der Waals surface area (Å²) in [6.45, 7) is 2.03. The molecule has 0 saturated heterocycles. The van der Waals surface area contributed by atoms with Gasteiger partial charge in [0, 0.05) is 5.69 Å². The fourth-order valence-corrected chi connectivity index (χ4v) is 3.47. The summed E-state index contributed by atoms with van der Waals surface area (Å²) in [5.74, 6) is 1.36. The molecule has 0 aliphatic heterocycles. The Hall–Kier alpha value is -5.09. The second kappa shape index (κ2) is 9.59. The number of methoxy groups -OCH3 is 1. The van der Waals surface area contributed by atoms with Crippen molar-refractivity contribution >= 4 is 40.4 Å². The van der Waals surface area contributed by atoms with E-state index in [1.807, 2.05) is 19.1 Å². The van der Waals surface area contributed by atoms with Crippen molar-refractivity contribution in [1.29, 1.82) is 10.5 Å². The van der Waals surface area contributed by atoms with Crippen LogP contribution < -0.4 is 21.1 Å². The lowest BCUT2D eigenvalue weighted by Crippen LogP contribution is -2.06. The summed E-state index contributed by atoms with van der Waals surface area (Å²) in [5, 5.41) is 24.7. The highest BCUT2D eigenvalue weighted by atomic mass is 16.5. The molecule has 0 unspecified atom stereocenters. The Morgan fingerprint density at radius 2 is 1.94 bits per heavy atom. The number of anilines is 4. The number of hydrogen-bond donors (Lipinski definition) is 3. The number of imidazole rings is 1. The van der Waals surface area contributed by atoms with Gasteiger partial charge in [-0.05, 0) is 66.7 Å². The third kappa shape index (κ3) is 4.42. The van der Waals surface area contributed by atoms with Gasteiger partial charge in [-0.25, -0.2) is 4.98 Å². The van der Waals surface area contributed by atoms with Crippen LogP contribution in [0.1, 0.15) is 16.7 Å². The first-order valence-corrected chi connectivity index (χ1v) is 10.3. The highest BCUT2D eigenvalue weighted by Gasteiger charge is 2.17. The smallest absolute Gasteiger partial charge is 0.231 e. The maximum Gasteiger partial charge on any atom is 0.231 e. The van der Waals surface area contributed by atoms with Crippen LogP contribution in [0.25, 0.3) is 17.2 Å². The van der Waals surface area contributed by atoms with Gasteiger partial charge in [-0.3, -0.25) is 0 Å². The second-order valence-electron chi connectivity index (χ2n) is 7.31. The van der Waals surface area contributed by atoms with E-state index in [-0.39, 0.29) is 6.54 Å². The molecule has 10 heteroatoms. The van der Waals surface area contributed by atoms with Crippen molar-refractivity contribution in [3.8, 4) is 17.9 Å². The van der Waals surface area contributed by atoms with E-state index in [2.05, 4.69) is 37.7 Å². The Labute approximate surface area is 196 Å². The molecule has 2 heterocycles. The van der Waals surface area contributed by atoms with Crippen molar-refractivity contribution in [3.63, 3.8) is 0 Å². The number of nitrogens with two attached hydrogens (primary N) is 1. The van der Waals surface area contributed by atoms with Crippen LogP contribution in [0.5, 0.6) is 5.75 Å². The Morgan fingerprint density at radius 1 is 1.15 bits per heavy atom. The summed E-state index contributed by atoms with van der Waals surface area (Å²) in [5.41, 5.74) is 10.3. The normalized spacial score (nSPS) is 10.7. The average Bonchev–Trinajstić information content (AvgIpc) is 3.24. The summed E-state index contributed by atoms with van der Waals surface area (Å²) in [6, 6.07) is 15.0. The van der Waals surface area contributed by atoms with Gasteiger partial charge < -0.3 is 25.7 Å². The van der Waals surface area contributed by atoms with Gasteiger partial charge in [0.15, 0.2) is 17.0 Å². The number of rotatable bonds is 7. The molecule has 4 rings (SSSR count). The molecule has 2 aromatic heterocycles. The van der Waals surface area contributed by atoms with Crippen LogP contribution in [0, 0.1) is 29.6 Å². The summed E-state index contributed by atoms with van der Waals surface area (Å²) >= 11 is 0. The molecule has 4 N–H and O–H groups in total. The number of fused-ring (bicyclic) bond motifs is 1. The van der Waals surface area contributed by atoms with Gasteiger partial charge >= 0.3 is 0 Å². The molecule has 168 valence electrons. The van der Waals surface area contributed by atoms with Gasteiger partial charge in [-0.15, -0.1) is 0 Å². The zero-order valence-electron chi connectivity index (χ0n) is 18.6. The van der Waals surface area contributed by atoms with Gasteiger partial charge in [0.05, 0.1) is 36.8 Å². The number of aromatic nitrogens is 4. The minimum Gasteiger partial charge on any atom is -0.495 e. The number of benzene rings is 2. The average molecular weight is 451 g/mol. The molecule has 0 bridgehead atoms. The predicted molar refractivity (Wildman–Crippen MR) is 130 cm³/mol. The van der Waals surface area contributed by atoms with E-state index in [1.165, 1.54) is 6.20 Å². The number of nitrogens with one attached hydrogen (secondary N) is 2. The molecule has 0 aliphatic rings. The number of hydrogen-bond acceptors (Lipinski definition) is 9. The molecule has 2 aromatic carbocycles. The Bertz CT molecular complexity index is 1460. The Morgan fingerprint density at radius 3 is 2.62 bits per heavy atom. The van der Waals surface area contributed by atoms with Gasteiger partial charge in [0.2, 0.25) is 5.95 Å². The predicted octanol–water partition coefficient (Wildman–Crippen LogP) is 3.96. The highest BCUT2D eigenvalue weighted by molar-refractivity contribution is 5.88. The monoisotopic (exact) mass is 451 g/mol. The molecule has 0 saturated carbocycles. The number of ether oxygens (including phenoxy) is 1. The van der Waals surface area contributed by atoms with Gasteiger partial charge in [0.1, 0.15) is 12.3 Å². The number of nitrogens with zero attached hydrogens (tertiary/aromatic N) is 6. The van der Waals surface area contributed by atoms with Crippen LogP contribution in [0.3, 0.4) is 0 Å². The first-order valence-electron chi connectivity index (χ1n) is 10.3. The fourth-order valence-electron chi connectivity index (χ4n) is 3.47. The molecular weight excluding hydrogens is 430 g/mol. The van der Waals surface area contributed by atoms with E-state index in [0.29, 0.717) is 39.9 Å². The van der Waals surface area contributed by atoms with E-state index >= 15 is 0 Å². The molecule has 0 aliphatic carbocycles. The molecule has 0 atom stereocenters. The Kier molecular flexibility index (Phi) is 6.24. The van der Waals surface area contributed by atoms with Crippen LogP contribution in [0.15, 0.2) is 48.9 Å². The van der Waals surface area contributed by atoms with Gasteiger partial charge in [-0.1, -0.05) is 0 Å². The van der Waals surface area contributed by atoms with E-state index in [9.17, 15) is 5.26 Å². The standard InChI is InChI=1S/C24H21N9O/c1-15-11-17(7-8-25)12-19(34-2)20(15)30-22-21-23(33(10-9-26)14-28-21)32-24(31-22)29-18-5-3-16(13-27)4-6-18/h3-8,11-12,14H,10,25H2,1-2H3,(H2,29,30,31,32)/b8-7+. The Balaban J connectivity index is 1.80. The molecule has 0 amide bonds. The zero-order valence-corrected chi connectivity index (χ0v) is 18.6. The van der Waals surface area contributed by atoms with Crippen LogP contribution in [0.2, 0.25) is 0 Å². The van der Waals surface area contributed by atoms with E-state index < -0.39 is 0 Å². The van der Waals surface area contributed by atoms with Crippen molar-refractivity contribution in [2.75, 3.05) is 17.7 Å². The largest absolute Gasteiger partial charge is 0.495 e. The van der Waals surface area contributed by atoms with E-state index in [1.54, 1.807) is 48.3 Å². The molecule has 0 spiro atoms. The first kappa shape index (κ1) is 22.1. The topological polar surface area (TPSA) is 150 Å². The highest BCUT2D eigenvalue weighted by Crippen LogP contribution is 2.34. The van der Waals surface area contributed by atoms with E-state index in [0.717, 1.165) is 16.8 Å². The minimum atomic E-state index is 0.0890. The maximum atomic E-state index is 9.20. The first-order chi connectivity index (χ1) is 16.6. The summed E-state index contributed by atoms with van der Waals surface area (Å²) in [7, 11) is 1.59. The van der Waals surface area contributed by atoms with E-state index in [4.69, 9.17) is 15.7 Å². The van der Waals surface area contributed by atoms with Crippen LogP contribution >= 0.6 is 0 Å². The number of aryl methyl sites for hydroxylation is 1. The van der Waals surface area contributed by atoms with Crippen molar-refractivity contribution in [1.82, 2.24) is 19.5 Å². The molecule has 0 radical (unpaired) electrons. The van der Waals surface area contributed by atoms with Crippen molar-refractivity contribution in [2.45, 2.75) is 13.5 Å². The van der Waals surface area contributed by atoms with Crippen LogP contribution in [-0.4, -0.2) is 26.6 Å². The lowest BCUT2D eigenvalue weighted by Gasteiger charge is -2.16. The third-order valence-electron chi connectivity index (χ3n) is 5.05. The third-order valence-corrected chi connectivity index (χ3v) is 5.05. The van der Waals surface area contributed by atoms with Crippen molar-refractivity contribution < 1.29 is 4.74 Å². The van der Waals surface area contributed by atoms with Crippen molar-refractivity contribution in [2.24, 2.45) is 5.73 Å². The number of nitriles is 2. The quantitative estimate of drug-likeness (QED) is 0.379. The maximum absolute atomic E-state index is 9.20.